The second-order valence-corrected chi connectivity index (χ2v) is 5.25. The first-order chi connectivity index (χ1) is 8.75. The summed E-state index contributed by atoms with van der Waals surface area (Å²) in [6.07, 6.45) is 0. The number of anilines is 2. The van der Waals surface area contributed by atoms with Gasteiger partial charge in [-0.2, -0.15) is 0 Å². The molecule has 0 bridgehead atoms. The second kappa shape index (κ2) is 4.42. The summed E-state index contributed by atoms with van der Waals surface area (Å²) in [6.45, 7) is 2.12. The van der Waals surface area contributed by atoms with Crippen LogP contribution in [0.25, 0.3) is 10.8 Å². The van der Waals surface area contributed by atoms with Crippen LogP contribution in [0.3, 0.4) is 0 Å². The molecule has 0 unspecified atom stereocenters. The minimum absolute atomic E-state index is 1.16. The van der Waals surface area contributed by atoms with Crippen LogP contribution in [0.2, 0.25) is 0 Å². The number of thiazole rings is 1. The molecule has 18 heavy (non-hydrogen) atoms. The fourth-order valence-electron chi connectivity index (χ4n) is 2.02. The Labute approximate surface area is 111 Å². The van der Waals surface area contributed by atoms with Crippen LogP contribution in [0.1, 0.15) is 5.69 Å². The van der Waals surface area contributed by atoms with E-state index in [-0.39, 0.29) is 0 Å². The normalized spacial score (nSPS) is 10.8. The number of hydrogen-bond donors (Lipinski definition) is 1. The molecule has 0 radical (unpaired) electrons. The molecule has 3 rings (SSSR count). The molecule has 2 nitrogen and oxygen atoms in total. The van der Waals surface area contributed by atoms with Crippen molar-refractivity contribution in [1.82, 2.24) is 0 Å². The number of fused-ring (bicyclic) bond motifs is 1. The van der Waals surface area contributed by atoms with E-state index in [0.717, 1.165) is 10.8 Å². The van der Waals surface area contributed by atoms with E-state index in [0.29, 0.717) is 0 Å². The van der Waals surface area contributed by atoms with Gasteiger partial charge in [-0.1, -0.05) is 47.7 Å². The highest BCUT2D eigenvalue weighted by molar-refractivity contribution is 7.13. The number of nitrogens with zero attached hydrogens (tertiary/aromatic N) is 1. The molecule has 2 aromatic carbocycles. The Morgan fingerprint density at radius 1 is 1.06 bits per heavy atom. The lowest BCUT2D eigenvalue weighted by Gasteiger charge is -2.03. The first-order valence-corrected chi connectivity index (χ1v) is 6.82. The van der Waals surface area contributed by atoms with Gasteiger partial charge in [-0.15, -0.1) is 0 Å². The van der Waals surface area contributed by atoms with Crippen LogP contribution in [-0.2, 0) is 7.05 Å². The smallest absolute Gasteiger partial charge is 0.231 e. The second-order valence-electron chi connectivity index (χ2n) is 4.39. The largest absolute Gasteiger partial charge is 0.338 e. The van der Waals surface area contributed by atoms with Gasteiger partial charge in [0, 0.05) is 10.8 Å². The Bertz CT molecular complexity index is 695. The van der Waals surface area contributed by atoms with Crippen molar-refractivity contribution < 1.29 is 4.57 Å². The van der Waals surface area contributed by atoms with E-state index in [1.165, 1.54) is 16.5 Å². The van der Waals surface area contributed by atoms with E-state index in [1.807, 2.05) is 0 Å². The molecule has 1 heterocycles. The van der Waals surface area contributed by atoms with Gasteiger partial charge in [0.15, 0.2) is 0 Å². The summed E-state index contributed by atoms with van der Waals surface area (Å²) in [4.78, 5) is 0. The monoisotopic (exact) mass is 255 g/mol. The van der Waals surface area contributed by atoms with Crippen LogP contribution in [0.15, 0.2) is 47.8 Å². The first kappa shape index (κ1) is 11.2. The van der Waals surface area contributed by atoms with Crippen molar-refractivity contribution >= 4 is 32.9 Å². The van der Waals surface area contributed by atoms with Crippen LogP contribution >= 0.6 is 11.3 Å². The maximum absolute atomic E-state index is 3.52. The molecule has 0 saturated heterocycles. The molecule has 0 spiro atoms. The Kier molecular flexibility index (Phi) is 2.76. The average Bonchev–Trinajstić information content (AvgIpc) is 2.71. The highest BCUT2D eigenvalue weighted by Gasteiger charge is 2.13. The fourth-order valence-corrected chi connectivity index (χ4v) is 2.93. The highest BCUT2D eigenvalue weighted by atomic mass is 32.1. The lowest BCUT2D eigenvalue weighted by Crippen LogP contribution is -2.31. The van der Waals surface area contributed by atoms with Crippen LogP contribution in [0, 0.1) is 6.92 Å². The lowest BCUT2D eigenvalue weighted by atomic mass is 10.1. The van der Waals surface area contributed by atoms with E-state index in [9.17, 15) is 0 Å². The van der Waals surface area contributed by atoms with Gasteiger partial charge in [-0.05, 0) is 18.4 Å². The molecule has 0 fully saturated rings. The minimum Gasteiger partial charge on any atom is -0.231 e. The maximum Gasteiger partial charge on any atom is 0.338 e. The lowest BCUT2D eigenvalue weighted by molar-refractivity contribution is -0.658. The molecule has 1 N–H and O–H groups in total. The van der Waals surface area contributed by atoms with Gasteiger partial charge in [0.25, 0.3) is 0 Å². The van der Waals surface area contributed by atoms with Crippen molar-refractivity contribution in [2.75, 3.05) is 5.32 Å². The number of aryl methyl sites for hydroxylation is 1. The summed E-state index contributed by atoms with van der Waals surface area (Å²) in [5.74, 6) is 0. The molecule has 0 aliphatic carbocycles. The number of rotatable bonds is 2. The highest BCUT2D eigenvalue weighted by Crippen LogP contribution is 2.26. The molecule has 3 heteroatoms. The summed E-state index contributed by atoms with van der Waals surface area (Å²) in [5, 5.41) is 9.35. The van der Waals surface area contributed by atoms with E-state index in [1.54, 1.807) is 11.3 Å². The number of nitrogens with one attached hydrogen (secondary N) is 1. The van der Waals surface area contributed by atoms with Gasteiger partial charge in [0.05, 0.1) is 7.05 Å². The molecule has 0 aliphatic heterocycles. The van der Waals surface area contributed by atoms with Gasteiger partial charge in [0.1, 0.15) is 11.4 Å². The predicted octanol–water partition coefficient (Wildman–Crippen LogP) is 3.78. The minimum atomic E-state index is 1.16. The summed E-state index contributed by atoms with van der Waals surface area (Å²) in [6, 6.07) is 14.8. The SMILES string of the molecule is Cc1csc(Nc2cccc3ccccc23)[n+]1C. The van der Waals surface area contributed by atoms with Crippen molar-refractivity contribution in [3.63, 3.8) is 0 Å². The zero-order valence-corrected chi connectivity index (χ0v) is 11.3. The van der Waals surface area contributed by atoms with Crippen LogP contribution in [-0.4, -0.2) is 0 Å². The summed E-state index contributed by atoms with van der Waals surface area (Å²) >= 11 is 1.73. The van der Waals surface area contributed by atoms with E-state index in [2.05, 4.69) is 71.7 Å². The number of hydrogen-bond acceptors (Lipinski definition) is 2. The topological polar surface area (TPSA) is 15.9 Å². The molecular weight excluding hydrogens is 240 g/mol. The maximum atomic E-state index is 3.52. The quantitative estimate of drug-likeness (QED) is 0.689. The molecule has 3 aromatic rings. The van der Waals surface area contributed by atoms with Crippen LogP contribution in [0.4, 0.5) is 10.8 Å². The zero-order valence-electron chi connectivity index (χ0n) is 10.5. The standard InChI is InChI=1S/C15H14N2S/c1-11-10-18-15(17(11)2)16-14-9-5-7-12-6-3-4-8-13(12)14/h3-10H,1-2H3/p+1. The molecule has 0 saturated carbocycles. The molecule has 0 atom stereocenters. The molecule has 1 aromatic heterocycles. The third-order valence-electron chi connectivity index (χ3n) is 3.21. The molecule has 0 aliphatic rings. The molecule has 0 amide bonds. The Balaban J connectivity index is 2.08. The third-order valence-corrected chi connectivity index (χ3v) is 4.26. The van der Waals surface area contributed by atoms with Crippen LogP contribution < -0.4 is 9.88 Å². The van der Waals surface area contributed by atoms with Gasteiger partial charge < -0.3 is 0 Å². The van der Waals surface area contributed by atoms with Crippen LogP contribution in [0.5, 0.6) is 0 Å². The Morgan fingerprint density at radius 3 is 2.61 bits per heavy atom. The Hall–Kier alpha value is -1.87. The van der Waals surface area contributed by atoms with Gasteiger partial charge >= 0.3 is 5.13 Å². The van der Waals surface area contributed by atoms with E-state index in [4.69, 9.17) is 0 Å². The molecular formula is C15H15N2S+. The fraction of sp³-hybridized carbons (Fsp3) is 0.133. The average molecular weight is 255 g/mol. The molecule has 90 valence electrons. The third kappa shape index (κ3) is 1.87. The number of aromatic nitrogens is 1. The summed E-state index contributed by atoms with van der Waals surface area (Å²) in [7, 11) is 2.08. The van der Waals surface area contributed by atoms with E-state index < -0.39 is 0 Å². The van der Waals surface area contributed by atoms with Gasteiger partial charge in [-0.25, -0.2) is 9.88 Å². The predicted molar refractivity (Wildman–Crippen MR) is 77.5 cm³/mol. The van der Waals surface area contributed by atoms with Crippen molar-refractivity contribution in [2.45, 2.75) is 6.92 Å². The van der Waals surface area contributed by atoms with Crippen molar-refractivity contribution in [2.24, 2.45) is 7.05 Å². The van der Waals surface area contributed by atoms with Gasteiger partial charge in [-0.3, -0.25) is 0 Å². The van der Waals surface area contributed by atoms with Gasteiger partial charge in [0.2, 0.25) is 0 Å². The summed E-state index contributed by atoms with van der Waals surface area (Å²) < 4.78 is 2.17. The van der Waals surface area contributed by atoms with Crippen molar-refractivity contribution in [1.29, 1.82) is 0 Å². The zero-order chi connectivity index (χ0) is 12.5. The number of benzene rings is 2. The summed E-state index contributed by atoms with van der Waals surface area (Å²) in [5.41, 5.74) is 2.42. The van der Waals surface area contributed by atoms with Crippen molar-refractivity contribution in [3.05, 3.63) is 53.5 Å². The first-order valence-electron chi connectivity index (χ1n) is 5.94. The van der Waals surface area contributed by atoms with E-state index >= 15 is 0 Å². The van der Waals surface area contributed by atoms with Crippen molar-refractivity contribution in [3.8, 4) is 0 Å². The Morgan fingerprint density at radius 2 is 1.83 bits per heavy atom.